The number of hydrogen-bond donors (Lipinski definition) is 0. The summed E-state index contributed by atoms with van der Waals surface area (Å²) in [5.74, 6) is 0.807. The second-order valence-electron chi connectivity index (χ2n) is 6.08. The van der Waals surface area contributed by atoms with E-state index < -0.39 is 0 Å². The number of thioether (sulfide) groups is 1. The molecule has 2 aromatic heterocycles. The zero-order valence-corrected chi connectivity index (χ0v) is 16.3. The van der Waals surface area contributed by atoms with E-state index in [1.807, 2.05) is 52.0 Å². The second kappa shape index (κ2) is 7.32. The van der Waals surface area contributed by atoms with Gasteiger partial charge in [0.2, 0.25) is 0 Å². The van der Waals surface area contributed by atoms with Crippen molar-refractivity contribution in [2.24, 2.45) is 0 Å². The summed E-state index contributed by atoms with van der Waals surface area (Å²) in [6, 6.07) is 16.3. The summed E-state index contributed by atoms with van der Waals surface area (Å²) in [5.41, 5.74) is 5.15. The van der Waals surface area contributed by atoms with Gasteiger partial charge in [-0.1, -0.05) is 30.3 Å². The lowest BCUT2D eigenvalue weighted by atomic mass is 10.1. The summed E-state index contributed by atoms with van der Waals surface area (Å²) in [7, 11) is 1.69. The minimum atomic E-state index is 0.807. The smallest absolute Gasteiger partial charge is 0.143 e. The summed E-state index contributed by atoms with van der Waals surface area (Å²) in [4.78, 5) is 4.24. The largest absolute Gasteiger partial charge is 0.496 e. The Hall–Kier alpha value is -2.99. The van der Waals surface area contributed by atoms with Gasteiger partial charge < -0.3 is 9.30 Å². The van der Waals surface area contributed by atoms with Crippen LogP contribution in [0.15, 0.2) is 72.3 Å². The van der Waals surface area contributed by atoms with Gasteiger partial charge in [0.1, 0.15) is 22.2 Å². The molecule has 2 aromatic carbocycles. The van der Waals surface area contributed by atoms with Gasteiger partial charge in [-0.05, 0) is 36.9 Å². The summed E-state index contributed by atoms with van der Waals surface area (Å²) in [5, 5.41) is 5.87. The molecule has 0 spiro atoms. The molecule has 0 atom stereocenters. The van der Waals surface area contributed by atoms with Gasteiger partial charge in [-0.3, -0.25) is 0 Å². The van der Waals surface area contributed by atoms with E-state index in [4.69, 9.17) is 9.84 Å². The first kappa shape index (κ1) is 17.4. The van der Waals surface area contributed by atoms with Crippen LogP contribution in [-0.2, 0) is 0 Å². The molecule has 5 nitrogen and oxygen atoms in total. The monoisotopic (exact) mass is 376 g/mol. The van der Waals surface area contributed by atoms with Crippen LogP contribution in [0.1, 0.15) is 5.56 Å². The third-order valence-electron chi connectivity index (χ3n) is 4.49. The number of imidazole rings is 1. The highest BCUT2D eigenvalue weighted by Crippen LogP contribution is 2.40. The molecule has 6 heteroatoms. The van der Waals surface area contributed by atoms with Gasteiger partial charge in [0.25, 0.3) is 0 Å². The van der Waals surface area contributed by atoms with Gasteiger partial charge in [0.15, 0.2) is 0 Å². The average molecular weight is 376 g/mol. The number of para-hydroxylation sites is 2. The molecule has 0 radical (unpaired) electrons. The predicted octanol–water partition coefficient (Wildman–Crippen LogP) is 4.76. The lowest BCUT2D eigenvalue weighted by Gasteiger charge is -2.14. The molecule has 0 fully saturated rings. The van der Waals surface area contributed by atoms with Crippen molar-refractivity contribution in [1.82, 2.24) is 19.3 Å². The van der Waals surface area contributed by atoms with Crippen LogP contribution >= 0.6 is 11.8 Å². The van der Waals surface area contributed by atoms with E-state index in [1.54, 1.807) is 31.4 Å². The number of benzene rings is 2. The fraction of sp³-hybridized carbons (Fsp3) is 0.143. The summed E-state index contributed by atoms with van der Waals surface area (Å²) in [6.07, 6.45) is 7.56. The molecule has 4 aromatic rings. The Morgan fingerprint density at radius 3 is 2.52 bits per heavy atom. The fourth-order valence-corrected chi connectivity index (χ4v) is 3.77. The van der Waals surface area contributed by atoms with E-state index in [0.717, 1.165) is 39.0 Å². The van der Waals surface area contributed by atoms with Crippen LogP contribution in [0.2, 0.25) is 0 Å². The molecule has 0 saturated heterocycles. The number of aromatic nitrogens is 4. The molecule has 4 rings (SSSR count). The third kappa shape index (κ3) is 3.02. The van der Waals surface area contributed by atoms with Crippen molar-refractivity contribution in [2.75, 3.05) is 13.4 Å². The zero-order chi connectivity index (χ0) is 18.8. The molecule has 2 heterocycles. The van der Waals surface area contributed by atoms with E-state index in [0.29, 0.717) is 0 Å². The second-order valence-corrected chi connectivity index (χ2v) is 6.87. The van der Waals surface area contributed by atoms with Crippen molar-refractivity contribution in [1.29, 1.82) is 0 Å². The van der Waals surface area contributed by atoms with Gasteiger partial charge >= 0.3 is 0 Å². The van der Waals surface area contributed by atoms with Gasteiger partial charge in [0.05, 0.1) is 19.1 Å². The van der Waals surface area contributed by atoms with Gasteiger partial charge in [-0.25, -0.2) is 9.67 Å². The van der Waals surface area contributed by atoms with Crippen LogP contribution < -0.4 is 4.74 Å². The van der Waals surface area contributed by atoms with Crippen LogP contribution in [0.5, 0.6) is 5.75 Å². The molecule has 0 bridgehead atoms. The molecule has 27 heavy (non-hydrogen) atoms. The minimum Gasteiger partial charge on any atom is -0.496 e. The Kier molecular flexibility index (Phi) is 4.73. The van der Waals surface area contributed by atoms with Crippen molar-refractivity contribution in [2.45, 2.75) is 11.9 Å². The number of nitrogens with zero attached hydrogens (tertiary/aromatic N) is 4. The SMILES string of the molecule is COc1ccccc1-c1c(-n2ccnc2)c(SC)nn1-c1ccccc1C. The molecule has 0 aliphatic rings. The maximum atomic E-state index is 5.66. The minimum absolute atomic E-state index is 0.807. The van der Waals surface area contributed by atoms with Gasteiger partial charge in [-0.2, -0.15) is 5.10 Å². The number of methoxy groups -OCH3 is 1. The van der Waals surface area contributed by atoms with Crippen LogP contribution in [0.3, 0.4) is 0 Å². The summed E-state index contributed by atoms with van der Waals surface area (Å²) in [6.45, 7) is 2.10. The van der Waals surface area contributed by atoms with Gasteiger partial charge in [0, 0.05) is 18.0 Å². The number of rotatable bonds is 5. The quantitative estimate of drug-likeness (QED) is 0.471. The topological polar surface area (TPSA) is 44.9 Å². The van der Waals surface area contributed by atoms with Crippen molar-refractivity contribution < 1.29 is 4.74 Å². The van der Waals surface area contributed by atoms with Crippen LogP contribution in [0, 0.1) is 6.92 Å². The Morgan fingerprint density at radius 1 is 1.04 bits per heavy atom. The highest BCUT2D eigenvalue weighted by atomic mass is 32.2. The van der Waals surface area contributed by atoms with Crippen LogP contribution in [0.25, 0.3) is 22.6 Å². The zero-order valence-electron chi connectivity index (χ0n) is 15.5. The van der Waals surface area contributed by atoms with Crippen molar-refractivity contribution in [3.05, 3.63) is 72.8 Å². The first-order valence-corrected chi connectivity index (χ1v) is 9.81. The lowest BCUT2D eigenvalue weighted by molar-refractivity contribution is 0.416. The van der Waals surface area contributed by atoms with E-state index in [9.17, 15) is 0 Å². The molecule has 0 aliphatic heterocycles. The first-order chi connectivity index (χ1) is 13.2. The fourth-order valence-electron chi connectivity index (χ4n) is 3.21. The molecule has 0 aliphatic carbocycles. The molecular weight excluding hydrogens is 356 g/mol. The average Bonchev–Trinajstić information content (AvgIpc) is 3.35. The number of aryl methyl sites for hydroxylation is 1. The third-order valence-corrected chi connectivity index (χ3v) is 5.15. The number of ether oxygens (including phenoxy) is 1. The highest BCUT2D eigenvalue weighted by molar-refractivity contribution is 7.98. The predicted molar refractivity (Wildman–Crippen MR) is 109 cm³/mol. The molecule has 136 valence electrons. The van der Waals surface area contributed by atoms with E-state index in [1.165, 1.54) is 0 Å². The van der Waals surface area contributed by atoms with Crippen molar-refractivity contribution in [3.8, 4) is 28.4 Å². The van der Waals surface area contributed by atoms with E-state index in [-0.39, 0.29) is 0 Å². The van der Waals surface area contributed by atoms with Crippen molar-refractivity contribution in [3.63, 3.8) is 0 Å². The standard InChI is InChI=1S/C21H20N4OS/c1-15-8-4-6-10-17(15)25-19(16-9-5-7-11-18(16)26-2)20(21(23-25)27-3)24-13-12-22-14-24/h4-14H,1-3H3. The molecule has 0 N–H and O–H groups in total. The Morgan fingerprint density at radius 2 is 1.81 bits per heavy atom. The molecule has 0 unspecified atom stereocenters. The Balaban J connectivity index is 2.10. The maximum Gasteiger partial charge on any atom is 0.143 e. The summed E-state index contributed by atoms with van der Waals surface area (Å²) >= 11 is 1.62. The van der Waals surface area contributed by atoms with Crippen LogP contribution in [-0.4, -0.2) is 32.7 Å². The van der Waals surface area contributed by atoms with E-state index >= 15 is 0 Å². The molecule has 0 amide bonds. The number of hydrogen-bond acceptors (Lipinski definition) is 4. The Labute approximate surface area is 162 Å². The normalized spacial score (nSPS) is 10.9. The van der Waals surface area contributed by atoms with Crippen LogP contribution in [0.4, 0.5) is 0 Å². The van der Waals surface area contributed by atoms with Crippen molar-refractivity contribution >= 4 is 11.8 Å². The summed E-state index contributed by atoms with van der Waals surface area (Å²) < 4.78 is 9.68. The van der Waals surface area contributed by atoms with E-state index in [2.05, 4.69) is 30.1 Å². The lowest BCUT2D eigenvalue weighted by Crippen LogP contribution is -2.03. The van der Waals surface area contributed by atoms with Gasteiger partial charge in [-0.15, -0.1) is 11.8 Å². The molecule has 0 saturated carbocycles. The first-order valence-electron chi connectivity index (χ1n) is 8.59. The molecular formula is C21H20N4OS. The maximum absolute atomic E-state index is 5.66. The highest BCUT2D eigenvalue weighted by Gasteiger charge is 2.24. The Bertz CT molecular complexity index is 1070.